The normalized spacial score (nSPS) is 17.8. The Balaban J connectivity index is 2.24. The molecule has 0 amide bonds. The van der Waals surface area contributed by atoms with Crippen LogP contribution in [0.1, 0.15) is 38.1 Å². The third kappa shape index (κ3) is 3.49. The number of aromatic nitrogens is 2. The zero-order valence-corrected chi connectivity index (χ0v) is 14.0. The SMILES string of the molecule is COC(=O)[C@H](CC1CCCC1)n1cnc(S(=O)(=O)N(C)C)c1. The van der Waals surface area contributed by atoms with Crippen molar-refractivity contribution in [1.29, 1.82) is 0 Å². The number of hydrogen-bond acceptors (Lipinski definition) is 5. The molecule has 1 atom stereocenters. The van der Waals surface area contributed by atoms with E-state index in [9.17, 15) is 13.2 Å². The van der Waals surface area contributed by atoms with Crippen molar-refractivity contribution < 1.29 is 17.9 Å². The zero-order chi connectivity index (χ0) is 16.3. The molecule has 22 heavy (non-hydrogen) atoms. The molecule has 0 bridgehead atoms. The molecule has 0 unspecified atom stereocenters. The fourth-order valence-electron chi connectivity index (χ4n) is 2.85. The highest BCUT2D eigenvalue weighted by atomic mass is 32.2. The number of hydrogen-bond donors (Lipinski definition) is 0. The van der Waals surface area contributed by atoms with Gasteiger partial charge in [-0.2, -0.15) is 0 Å². The van der Waals surface area contributed by atoms with E-state index in [-0.39, 0.29) is 11.0 Å². The number of carbonyl (C=O) groups is 1. The van der Waals surface area contributed by atoms with Crippen LogP contribution in [0.2, 0.25) is 0 Å². The second kappa shape index (κ2) is 6.78. The molecule has 1 aromatic rings. The first kappa shape index (κ1) is 17.0. The summed E-state index contributed by atoms with van der Waals surface area (Å²) in [5, 5.41) is -0.0576. The number of imidazole rings is 1. The standard InChI is InChI=1S/C14H23N3O4S/c1-16(2)22(19,20)13-9-17(10-15-13)12(14(18)21-3)8-11-6-4-5-7-11/h9-12H,4-8H2,1-3H3/t12-/m0/s1. The molecule has 0 spiro atoms. The lowest BCUT2D eigenvalue weighted by Crippen LogP contribution is -2.24. The Labute approximate surface area is 131 Å². The van der Waals surface area contributed by atoms with Crippen molar-refractivity contribution in [2.45, 2.75) is 43.2 Å². The fraction of sp³-hybridized carbons (Fsp3) is 0.714. The number of esters is 1. The van der Waals surface area contributed by atoms with Crippen molar-refractivity contribution in [2.75, 3.05) is 21.2 Å². The van der Waals surface area contributed by atoms with E-state index in [1.807, 2.05) is 0 Å². The van der Waals surface area contributed by atoms with Crippen molar-refractivity contribution in [1.82, 2.24) is 13.9 Å². The largest absolute Gasteiger partial charge is 0.467 e. The highest BCUT2D eigenvalue weighted by molar-refractivity contribution is 7.89. The predicted molar refractivity (Wildman–Crippen MR) is 80.7 cm³/mol. The lowest BCUT2D eigenvalue weighted by molar-refractivity contribution is -0.145. The second-order valence-corrected chi connectivity index (χ2v) is 7.97. The molecular weight excluding hydrogens is 306 g/mol. The molecule has 1 aromatic heterocycles. The molecule has 0 saturated heterocycles. The summed E-state index contributed by atoms with van der Waals surface area (Å²) in [6.45, 7) is 0. The lowest BCUT2D eigenvalue weighted by atomic mass is 9.98. The first-order valence-electron chi connectivity index (χ1n) is 7.40. The molecule has 7 nitrogen and oxygen atoms in total. The molecular formula is C14H23N3O4S. The van der Waals surface area contributed by atoms with Crippen LogP contribution >= 0.6 is 0 Å². The summed E-state index contributed by atoms with van der Waals surface area (Å²) in [6, 6.07) is -0.522. The average Bonchev–Trinajstić information content (AvgIpc) is 3.15. The maximum atomic E-state index is 12.1. The van der Waals surface area contributed by atoms with Crippen LogP contribution in [0.15, 0.2) is 17.6 Å². The van der Waals surface area contributed by atoms with Gasteiger partial charge in [0.25, 0.3) is 10.0 Å². The number of ether oxygens (including phenoxy) is 1. The van der Waals surface area contributed by atoms with Gasteiger partial charge in [0.1, 0.15) is 6.04 Å². The highest BCUT2D eigenvalue weighted by Crippen LogP contribution is 2.32. The summed E-state index contributed by atoms with van der Waals surface area (Å²) >= 11 is 0. The predicted octanol–water partition coefficient (Wildman–Crippen LogP) is 1.43. The van der Waals surface area contributed by atoms with Crippen LogP contribution < -0.4 is 0 Å². The molecule has 124 valence electrons. The second-order valence-electron chi connectivity index (χ2n) is 5.87. The Bertz CT molecular complexity index is 618. The van der Waals surface area contributed by atoms with Gasteiger partial charge in [0, 0.05) is 20.3 Å². The molecule has 1 saturated carbocycles. The first-order valence-corrected chi connectivity index (χ1v) is 8.84. The van der Waals surface area contributed by atoms with Gasteiger partial charge in [-0.25, -0.2) is 22.5 Å². The molecule has 2 rings (SSSR count). The smallest absolute Gasteiger partial charge is 0.328 e. The molecule has 0 aromatic carbocycles. The fourth-order valence-corrected chi connectivity index (χ4v) is 3.66. The summed E-state index contributed by atoms with van der Waals surface area (Å²) in [5.41, 5.74) is 0. The number of methoxy groups -OCH3 is 1. The van der Waals surface area contributed by atoms with Crippen molar-refractivity contribution in [3.05, 3.63) is 12.5 Å². The van der Waals surface area contributed by atoms with Gasteiger partial charge < -0.3 is 9.30 Å². The van der Waals surface area contributed by atoms with Gasteiger partial charge in [-0.1, -0.05) is 25.7 Å². The van der Waals surface area contributed by atoms with Crippen LogP contribution in [0.5, 0.6) is 0 Å². The van der Waals surface area contributed by atoms with E-state index in [1.165, 1.54) is 46.6 Å². The molecule has 0 N–H and O–H groups in total. The molecule has 0 aliphatic heterocycles. The summed E-state index contributed by atoms with van der Waals surface area (Å²) in [5.74, 6) is 0.110. The summed E-state index contributed by atoms with van der Waals surface area (Å²) in [7, 11) is 0.644. The van der Waals surface area contributed by atoms with Crippen LogP contribution in [-0.2, 0) is 19.6 Å². The summed E-state index contributed by atoms with van der Waals surface area (Å²) in [6.07, 6.45) is 8.03. The van der Waals surface area contributed by atoms with Crippen LogP contribution in [0.3, 0.4) is 0 Å². The van der Waals surface area contributed by atoms with E-state index in [0.29, 0.717) is 12.3 Å². The van der Waals surface area contributed by atoms with Crippen molar-refractivity contribution in [3.8, 4) is 0 Å². The number of nitrogens with zero attached hydrogens (tertiary/aromatic N) is 3. The Morgan fingerprint density at radius 1 is 1.45 bits per heavy atom. The van der Waals surface area contributed by atoms with Gasteiger partial charge in [0.05, 0.1) is 13.4 Å². The highest BCUT2D eigenvalue weighted by Gasteiger charge is 2.29. The van der Waals surface area contributed by atoms with Crippen molar-refractivity contribution in [3.63, 3.8) is 0 Å². The molecule has 1 heterocycles. The van der Waals surface area contributed by atoms with Gasteiger partial charge in [-0.15, -0.1) is 0 Å². The van der Waals surface area contributed by atoms with E-state index < -0.39 is 16.1 Å². The number of rotatable bonds is 6. The molecule has 1 aliphatic carbocycles. The quantitative estimate of drug-likeness (QED) is 0.737. The molecule has 1 aliphatic rings. The van der Waals surface area contributed by atoms with Crippen molar-refractivity contribution in [2.24, 2.45) is 5.92 Å². The maximum Gasteiger partial charge on any atom is 0.328 e. The van der Waals surface area contributed by atoms with Crippen molar-refractivity contribution >= 4 is 16.0 Å². The van der Waals surface area contributed by atoms with E-state index in [2.05, 4.69) is 4.98 Å². The van der Waals surface area contributed by atoms with Crippen LogP contribution in [0.25, 0.3) is 0 Å². The van der Waals surface area contributed by atoms with Gasteiger partial charge in [0.2, 0.25) is 0 Å². The Kier molecular flexibility index (Phi) is 5.23. The van der Waals surface area contributed by atoms with E-state index in [1.54, 1.807) is 4.57 Å². The number of sulfonamides is 1. The van der Waals surface area contributed by atoms with E-state index >= 15 is 0 Å². The lowest BCUT2D eigenvalue weighted by Gasteiger charge is -2.19. The maximum absolute atomic E-state index is 12.1. The Hall–Kier alpha value is -1.41. The Morgan fingerprint density at radius 2 is 2.09 bits per heavy atom. The zero-order valence-electron chi connectivity index (χ0n) is 13.2. The third-order valence-corrected chi connectivity index (χ3v) is 5.89. The van der Waals surface area contributed by atoms with Gasteiger partial charge >= 0.3 is 5.97 Å². The third-order valence-electron chi connectivity index (χ3n) is 4.19. The first-order chi connectivity index (χ1) is 10.4. The number of carbonyl (C=O) groups excluding carboxylic acids is 1. The van der Waals surface area contributed by atoms with E-state index in [0.717, 1.165) is 17.1 Å². The van der Waals surface area contributed by atoms with Gasteiger partial charge in [-0.3, -0.25) is 0 Å². The Morgan fingerprint density at radius 3 is 2.64 bits per heavy atom. The summed E-state index contributed by atoms with van der Waals surface area (Å²) < 4.78 is 31.7. The minimum Gasteiger partial charge on any atom is -0.467 e. The van der Waals surface area contributed by atoms with Gasteiger partial charge in [0.15, 0.2) is 5.03 Å². The monoisotopic (exact) mass is 329 g/mol. The van der Waals surface area contributed by atoms with Gasteiger partial charge in [-0.05, 0) is 12.3 Å². The van der Waals surface area contributed by atoms with Crippen LogP contribution in [-0.4, -0.2) is 49.4 Å². The summed E-state index contributed by atoms with van der Waals surface area (Å²) in [4.78, 5) is 16.0. The molecule has 1 fully saturated rings. The molecule has 0 radical (unpaired) electrons. The van der Waals surface area contributed by atoms with Crippen LogP contribution in [0, 0.1) is 5.92 Å². The molecule has 8 heteroatoms. The minimum absolute atomic E-state index is 0.0576. The minimum atomic E-state index is -3.60. The van der Waals surface area contributed by atoms with Crippen LogP contribution in [0.4, 0.5) is 0 Å². The average molecular weight is 329 g/mol. The van der Waals surface area contributed by atoms with E-state index in [4.69, 9.17) is 4.74 Å². The topological polar surface area (TPSA) is 81.5 Å².